The van der Waals surface area contributed by atoms with E-state index in [0.29, 0.717) is 11.5 Å². The molecule has 3 nitrogen and oxygen atoms in total. The molecule has 1 unspecified atom stereocenters. The lowest BCUT2D eigenvalue weighted by atomic mass is 9.81. The van der Waals surface area contributed by atoms with Crippen LogP contribution in [0.4, 0.5) is 0 Å². The summed E-state index contributed by atoms with van der Waals surface area (Å²) in [7, 11) is 1.76. The van der Waals surface area contributed by atoms with E-state index in [0.717, 1.165) is 26.2 Å². The van der Waals surface area contributed by atoms with E-state index >= 15 is 0 Å². The van der Waals surface area contributed by atoms with Gasteiger partial charge in [0.25, 0.3) is 0 Å². The van der Waals surface area contributed by atoms with Gasteiger partial charge in [-0.3, -0.25) is 0 Å². The van der Waals surface area contributed by atoms with E-state index in [4.69, 9.17) is 4.74 Å². The third-order valence-electron chi connectivity index (χ3n) is 3.20. The van der Waals surface area contributed by atoms with Crippen LogP contribution >= 0.6 is 0 Å². The third-order valence-corrected chi connectivity index (χ3v) is 3.20. The van der Waals surface area contributed by atoms with Crippen LogP contribution in [0.15, 0.2) is 0 Å². The van der Waals surface area contributed by atoms with Gasteiger partial charge in [0.1, 0.15) is 0 Å². The Morgan fingerprint density at radius 2 is 2.07 bits per heavy atom. The Hall–Kier alpha value is -0.120. The first-order valence-corrected chi connectivity index (χ1v) is 5.60. The summed E-state index contributed by atoms with van der Waals surface area (Å²) in [6, 6.07) is 0. The Balaban J connectivity index is 2.15. The van der Waals surface area contributed by atoms with Gasteiger partial charge in [-0.15, -0.1) is 0 Å². The van der Waals surface area contributed by atoms with Crippen LogP contribution in [-0.2, 0) is 4.74 Å². The van der Waals surface area contributed by atoms with E-state index in [2.05, 4.69) is 24.5 Å². The molecule has 0 saturated carbocycles. The van der Waals surface area contributed by atoms with Crippen LogP contribution in [0.1, 0.15) is 26.7 Å². The Morgan fingerprint density at radius 3 is 2.64 bits per heavy atom. The van der Waals surface area contributed by atoms with Crippen LogP contribution in [0.2, 0.25) is 0 Å². The maximum atomic E-state index is 5.20. The van der Waals surface area contributed by atoms with Crippen molar-refractivity contribution < 1.29 is 4.74 Å². The molecular weight excluding hydrogens is 176 g/mol. The van der Waals surface area contributed by atoms with Gasteiger partial charge in [-0.2, -0.15) is 0 Å². The molecule has 14 heavy (non-hydrogen) atoms. The van der Waals surface area contributed by atoms with Crippen LogP contribution in [-0.4, -0.2) is 39.4 Å². The third kappa shape index (κ3) is 3.95. The van der Waals surface area contributed by atoms with E-state index in [1.165, 1.54) is 12.8 Å². The van der Waals surface area contributed by atoms with Crippen molar-refractivity contribution in [2.24, 2.45) is 5.41 Å². The predicted octanol–water partition coefficient (Wildman–Crippen LogP) is 1.00. The van der Waals surface area contributed by atoms with Gasteiger partial charge in [0.05, 0.1) is 6.10 Å². The summed E-state index contributed by atoms with van der Waals surface area (Å²) in [6.07, 6.45) is 2.88. The minimum absolute atomic E-state index is 0.320. The summed E-state index contributed by atoms with van der Waals surface area (Å²) in [5, 5.41) is 6.89. The van der Waals surface area contributed by atoms with Crippen molar-refractivity contribution in [3.8, 4) is 0 Å². The number of rotatable bonds is 5. The molecular formula is C11H24N2O. The molecule has 0 bridgehead atoms. The van der Waals surface area contributed by atoms with E-state index in [-0.39, 0.29) is 0 Å². The molecule has 1 aliphatic rings. The minimum atomic E-state index is 0.320. The Bertz CT molecular complexity index is 155. The van der Waals surface area contributed by atoms with Crippen molar-refractivity contribution >= 4 is 0 Å². The highest BCUT2D eigenvalue weighted by Gasteiger charge is 2.25. The molecule has 1 aliphatic heterocycles. The fraction of sp³-hybridized carbons (Fsp3) is 1.00. The van der Waals surface area contributed by atoms with Crippen LogP contribution in [0, 0.1) is 5.41 Å². The quantitative estimate of drug-likeness (QED) is 0.694. The van der Waals surface area contributed by atoms with Gasteiger partial charge in [0.2, 0.25) is 0 Å². The number of hydrogen-bond acceptors (Lipinski definition) is 3. The van der Waals surface area contributed by atoms with Gasteiger partial charge in [-0.25, -0.2) is 0 Å². The number of methoxy groups -OCH3 is 1. The molecule has 0 amide bonds. The van der Waals surface area contributed by atoms with Gasteiger partial charge in [-0.05, 0) is 38.3 Å². The second-order valence-electron chi connectivity index (χ2n) is 4.74. The van der Waals surface area contributed by atoms with E-state index in [1.54, 1.807) is 7.11 Å². The lowest BCUT2D eigenvalue weighted by molar-refractivity contribution is 0.111. The first kappa shape index (κ1) is 12.0. The zero-order chi connectivity index (χ0) is 10.4. The second kappa shape index (κ2) is 5.69. The number of nitrogens with one attached hydrogen (secondary N) is 2. The van der Waals surface area contributed by atoms with Crippen LogP contribution in [0.5, 0.6) is 0 Å². The van der Waals surface area contributed by atoms with Gasteiger partial charge < -0.3 is 15.4 Å². The maximum absolute atomic E-state index is 5.20. The normalized spacial score (nSPS) is 23.4. The molecule has 1 rings (SSSR count). The summed E-state index contributed by atoms with van der Waals surface area (Å²) >= 11 is 0. The van der Waals surface area contributed by atoms with Crippen molar-refractivity contribution in [1.82, 2.24) is 10.6 Å². The van der Waals surface area contributed by atoms with Crippen LogP contribution in [0.25, 0.3) is 0 Å². The van der Waals surface area contributed by atoms with Gasteiger partial charge >= 0.3 is 0 Å². The maximum Gasteiger partial charge on any atom is 0.0667 e. The molecule has 1 saturated heterocycles. The SMILES string of the molecule is COC(C)CNCC1(C)CCNCC1. The fourth-order valence-electron chi connectivity index (χ4n) is 1.87. The summed E-state index contributed by atoms with van der Waals surface area (Å²) in [5.74, 6) is 0. The fourth-order valence-corrected chi connectivity index (χ4v) is 1.87. The monoisotopic (exact) mass is 200 g/mol. The number of piperidine rings is 1. The van der Waals surface area contributed by atoms with Crippen molar-refractivity contribution in [2.75, 3.05) is 33.3 Å². The molecule has 0 aromatic carbocycles. The molecule has 0 aromatic heterocycles. The summed E-state index contributed by atoms with van der Waals surface area (Å²) in [5.41, 5.74) is 0.485. The number of ether oxygens (including phenoxy) is 1. The van der Waals surface area contributed by atoms with Gasteiger partial charge in [-0.1, -0.05) is 6.92 Å². The Labute approximate surface area is 87.6 Å². The first-order chi connectivity index (χ1) is 6.66. The molecule has 3 heteroatoms. The molecule has 1 fully saturated rings. The van der Waals surface area contributed by atoms with Crippen LogP contribution in [0.3, 0.4) is 0 Å². The summed E-state index contributed by atoms with van der Waals surface area (Å²) in [6.45, 7) is 8.87. The lowest BCUT2D eigenvalue weighted by Gasteiger charge is -2.34. The molecule has 1 atom stereocenters. The van der Waals surface area contributed by atoms with Crippen molar-refractivity contribution in [1.29, 1.82) is 0 Å². The van der Waals surface area contributed by atoms with Crippen molar-refractivity contribution in [2.45, 2.75) is 32.8 Å². The Kier molecular flexibility index (Phi) is 4.85. The standard InChI is InChI=1S/C11H24N2O/c1-10(14-3)8-13-9-11(2)4-6-12-7-5-11/h10,12-13H,4-9H2,1-3H3. The average molecular weight is 200 g/mol. The number of hydrogen-bond donors (Lipinski definition) is 2. The molecule has 0 radical (unpaired) electrons. The van der Waals surface area contributed by atoms with E-state index in [9.17, 15) is 0 Å². The summed E-state index contributed by atoms with van der Waals surface area (Å²) < 4.78 is 5.20. The molecule has 2 N–H and O–H groups in total. The van der Waals surface area contributed by atoms with Crippen molar-refractivity contribution in [3.05, 3.63) is 0 Å². The topological polar surface area (TPSA) is 33.3 Å². The molecule has 0 spiro atoms. The highest BCUT2D eigenvalue weighted by atomic mass is 16.5. The molecule has 84 valence electrons. The second-order valence-corrected chi connectivity index (χ2v) is 4.74. The smallest absolute Gasteiger partial charge is 0.0667 e. The highest BCUT2D eigenvalue weighted by Crippen LogP contribution is 2.26. The Morgan fingerprint density at radius 1 is 1.43 bits per heavy atom. The molecule has 0 aliphatic carbocycles. The minimum Gasteiger partial charge on any atom is -0.380 e. The zero-order valence-electron chi connectivity index (χ0n) is 9.73. The first-order valence-electron chi connectivity index (χ1n) is 5.60. The highest BCUT2D eigenvalue weighted by molar-refractivity contribution is 4.82. The summed E-state index contributed by atoms with van der Waals surface area (Å²) in [4.78, 5) is 0. The predicted molar refractivity (Wildman–Crippen MR) is 59.6 cm³/mol. The zero-order valence-corrected chi connectivity index (χ0v) is 9.73. The largest absolute Gasteiger partial charge is 0.380 e. The lowest BCUT2D eigenvalue weighted by Crippen LogP contribution is -2.42. The average Bonchev–Trinajstić information content (AvgIpc) is 2.18. The molecule has 1 heterocycles. The van der Waals surface area contributed by atoms with E-state index < -0.39 is 0 Å². The van der Waals surface area contributed by atoms with Crippen molar-refractivity contribution in [3.63, 3.8) is 0 Å². The van der Waals surface area contributed by atoms with E-state index in [1.807, 2.05) is 0 Å². The van der Waals surface area contributed by atoms with Gasteiger partial charge in [0.15, 0.2) is 0 Å². The molecule has 0 aromatic rings. The van der Waals surface area contributed by atoms with Gasteiger partial charge in [0, 0.05) is 20.2 Å². The van der Waals surface area contributed by atoms with Crippen LogP contribution < -0.4 is 10.6 Å².